The Labute approximate surface area is 122 Å². The first kappa shape index (κ1) is 13.3. The molecule has 0 aromatic carbocycles. The molecule has 5 nitrogen and oxygen atoms in total. The van der Waals surface area contributed by atoms with Crippen LogP contribution < -0.4 is 5.73 Å². The van der Waals surface area contributed by atoms with Gasteiger partial charge in [0.2, 0.25) is 0 Å². The number of amides is 1. The molecule has 1 saturated heterocycles. The van der Waals surface area contributed by atoms with E-state index >= 15 is 0 Å². The molecule has 3 rings (SSSR count). The maximum absolute atomic E-state index is 12.6. The maximum Gasteiger partial charge on any atom is 0.255 e. The second-order valence-corrected chi connectivity index (χ2v) is 6.11. The zero-order chi connectivity index (χ0) is 14.3. The molecule has 1 fully saturated rings. The fraction of sp³-hybridized carbons (Fsp3) is 0.429. The topological polar surface area (TPSA) is 64.2 Å². The van der Waals surface area contributed by atoms with Gasteiger partial charge in [0.25, 0.3) is 5.91 Å². The fourth-order valence-electron chi connectivity index (χ4n) is 2.74. The Morgan fingerprint density at radius 1 is 1.50 bits per heavy atom. The first-order valence-corrected chi connectivity index (χ1v) is 7.59. The van der Waals surface area contributed by atoms with Crippen LogP contribution in [0.4, 0.5) is 0 Å². The second kappa shape index (κ2) is 5.03. The first-order chi connectivity index (χ1) is 9.58. The second-order valence-electron chi connectivity index (χ2n) is 5.23. The lowest BCUT2D eigenvalue weighted by molar-refractivity contribution is 0.0790. The number of nitrogens with zero attached hydrogens (tertiary/aromatic N) is 3. The van der Waals surface area contributed by atoms with Gasteiger partial charge in [0.1, 0.15) is 0 Å². The van der Waals surface area contributed by atoms with E-state index in [1.165, 1.54) is 0 Å². The maximum atomic E-state index is 12.6. The summed E-state index contributed by atoms with van der Waals surface area (Å²) in [5, 5.41) is 2.84. The number of rotatable bonds is 2. The van der Waals surface area contributed by atoms with Crippen LogP contribution in [0.5, 0.6) is 0 Å². The number of thiazole rings is 1. The van der Waals surface area contributed by atoms with Crippen LogP contribution >= 0.6 is 11.3 Å². The average molecular weight is 290 g/mol. The Balaban J connectivity index is 1.95. The van der Waals surface area contributed by atoms with Gasteiger partial charge in [0, 0.05) is 42.1 Å². The minimum absolute atomic E-state index is 0.0776. The molecular formula is C14H18N4OS. The average Bonchev–Trinajstić information content (AvgIpc) is 3.10. The van der Waals surface area contributed by atoms with Gasteiger partial charge >= 0.3 is 0 Å². The highest BCUT2D eigenvalue weighted by atomic mass is 32.1. The van der Waals surface area contributed by atoms with Crippen LogP contribution in [-0.2, 0) is 0 Å². The Kier molecular flexibility index (Phi) is 3.35. The molecule has 20 heavy (non-hydrogen) atoms. The van der Waals surface area contributed by atoms with Crippen LogP contribution in [-0.4, -0.2) is 39.5 Å². The van der Waals surface area contributed by atoms with Crippen molar-refractivity contribution in [2.45, 2.75) is 26.3 Å². The minimum Gasteiger partial charge on any atom is -0.337 e. The van der Waals surface area contributed by atoms with Crippen molar-refractivity contribution in [1.29, 1.82) is 0 Å². The van der Waals surface area contributed by atoms with E-state index in [0.29, 0.717) is 6.54 Å². The molecule has 2 aromatic rings. The Morgan fingerprint density at radius 2 is 2.30 bits per heavy atom. The highest BCUT2D eigenvalue weighted by Gasteiger charge is 2.27. The van der Waals surface area contributed by atoms with Crippen molar-refractivity contribution in [3.05, 3.63) is 34.6 Å². The van der Waals surface area contributed by atoms with Crippen molar-refractivity contribution in [2.24, 2.45) is 5.73 Å². The van der Waals surface area contributed by atoms with Crippen LogP contribution in [0.3, 0.4) is 0 Å². The molecular weight excluding hydrogens is 272 g/mol. The summed E-state index contributed by atoms with van der Waals surface area (Å²) < 4.78 is 2.04. The molecule has 3 heterocycles. The van der Waals surface area contributed by atoms with Crippen molar-refractivity contribution in [3.8, 4) is 5.13 Å². The van der Waals surface area contributed by atoms with Crippen LogP contribution in [0.1, 0.15) is 28.2 Å². The van der Waals surface area contributed by atoms with Crippen molar-refractivity contribution >= 4 is 17.2 Å². The van der Waals surface area contributed by atoms with Gasteiger partial charge in [0.15, 0.2) is 5.13 Å². The number of hydrogen-bond acceptors (Lipinski definition) is 4. The SMILES string of the molecule is Cc1cc(C(=O)N2CC[C@@H](N)C2)c(C)n1-c1nccs1. The normalized spacial score (nSPS) is 18.8. The van der Waals surface area contributed by atoms with Crippen molar-refractivity contribution in [1.82, 2.24) is 14.5 Å². The lowest BCUT2D eigenvalue weighted by Gasteiger charge is -2.15. The molecule has 0 radical (unpaired) electrons. The quantitative estimate of drug-likeness (QED) is 0.916. The monoisotopic (exact) mass is 290 g/mol. The highest BCUT2D eigenvalue weighted by Crippen LogP contribution is 2.24. The van der Waals surface area contributed by atoms with Crippen molar-refractivity contribution < 1.29 is 4.79 Å². The third-order valence-electron chi connectivity index (χ3n) is 3.78. The van der Waals surface area contributed by atoms with Gasteiger partial charge in [-0.15, -0.1) is 11.3 Å². The van der Waals surface area contributed by atoms with Gasteiger partial charge in [-0.1, -0.05) is 0 Å². The summed E-state index contributed by atoms with van der Waals surface area (Å²) >= 11 is 1.57. The minimum atomic E-state index is 0.0776. The standard InChI is InChI=1S/C14H18N4OS/c1-9-7-12(13(19)17-5-3-11(15)8-17)10(2)18(9)14-16-4-6-20-14/h4,6-7,11H,3,5,8,15H2,1-2H3/t11-/m1/s1. The molecule has 0 saturated carbocycles. The predicted molar refractivity (Wildman–Crippen MR) is 79.4 cm³/mol. The van der Waals surface area contributed by atoms with E-state index < -0.39 is 0 Å². The smallest absolute Gasteiger partial charge is 0.255 e. The summed E-state index contributed by atoms with van der Waals surface area (Å²) in [4.78, 5) is 18.8. The molecule has 106 valence electrons. The summed E-state index contributed by atoms with van der Waals surface area (Å²) in [6.07, 6.45) is 2.66. The van der Waals surface area contributed by atoms with Crippen molar-refractivity contribution in [2.75, 3.05) is 13.1 Å². The number of aromatic nitrogens is 2. The van der Waals surface area contributed by atoms with Gasteiger partial charge in [-0.3, -0.25) is 9.36 Å². The van der Waals surface area contributed by atoms with E-state index in [4.69, 9.17) is 5.73 Å². The van der Waals surface area contributed by atoms with E-state index in [-0.39, 0.29) is 11.9 Å². The molecule has 1 aliphatic heterocycles. The number of carbonyl (C=O) groups is 1. The molecule has 1 amide bonds. The Morgan fingerprint density at radius 3 is 2.90 bits per heavy atom. The van der Waals surface area contributed by atoms with E-state index in [1.54, 1.807) is 17.5 Å². The third-order valence-corrected chi connectivity index (χ3v) is 4.54. The first-order valence-electron chi connectivity index (χ1n) is 6.71. The highest BCUT2D eigenvalue weighted by molar-refractivity contribution is 7.12. The fourth-order valence-corrected chi connectivity index (χ4v) is 3.49. The van der Waals surface area contributed by atoms with Crippen LogP contribution in [0, 0.1) is 13.8 Å². The summed E-state index contributed by atoms with van der Waals surface area (Å²) in [5.74, 6) is 0.0776. The van der Waals surface area contributed by atoms with E-state index in [1.807, 2.05) is 34.8 Å². The van der Waals surface area contributed by atoms with Crippen molar-refractivity contribution in [3.63, 3.8) is 0 Å². The van der Waals surface area contributed by atoms with Crippen LogP contribution in [0.25, 0.3) is 5.13 Å². The van der Waals surface area contributed by atoms with Gasteiger partial charge in [-0.05, 0) is 26.3 Å². The molecule has 0 bridgehead atoms. The van der Waals surface area contributed by atoms with Crippen LogP contribution in [0.2, 0.25) is 0 Å². The van der Waals surface area contributed by atoms with Gasteiger partial charge < -0.3 is 10.6 Å². The zero-order valence-electron chi connectivity index (χ0n) is 11.7. The number of hydrogen-bond donors (Lipinski definition) is 1. The Hall–Kier alpha value is -1.66. The summed E-state index contributed by atoms with van der Waals surface area (Å²) in [6.45, 7) is 5.37. The van der Waals surface area contributed by atoms with Gasteiger partial charge in [0.05, 0.1) is 5.56 Å². The molecule has 1 aliphatic rings. The Bertz CT molecular complexity index is 632. The molecule has 6 heteroatoms. The molecule has 1 atom stereocenters. The van der Waals surface area contributed by atoms with E-state index in [2.05, 4.69) is 4.98 Å². The van der Waals surface area contributed by atoms with Crippen LogP contribution in [0.15, 0.2) is 17.6 Å². The molecule has 0 unspecified atom stereocenters. The molecule has 0 aliphatic carbocycles. The summed E-state index contributed by atoms with van der Waals surface area (Å²) in [6, 6.07) is 2.06. The third kappa shape index (κ3) is 2.14. The summed E-state index contributed by atoms with van der Waals surface area (Å²) in [7, 11) is 0. The molecule has 2 aromatic heterocycles. The number of nitrogens with two attached hydrogens (primary N) is 1. The van der Waals surface area contributed by atoms with E-state index in [9.17, 15) is 4.79 Å². The lowest BCUT2D eigenvalue weighted by Crippen LogP contribution is -2.32. The zero-order valence-corrected chi connectivity index (χ0v) is 12.5. The largest absolute Gasteiger partial charge is 0.337 e. The number of aryl methyl sites for hydroxylation is 1. The number of likely N-dealkylation sites (tertiary alicyclic amines) is 1. The van der Waals surface area contributed by atoms with Gasteiger partial charge in [-0.25, -0.2) is 4.98 Å². The van der Waals surface area contributed by atoms with E-state index in [0.717, 1.165) is 35.0 Å². The summed E-state index contributed by atoms with van der Waals surface area (Å²) in [5.41, 5.74) is 8.62. The predicted octanol–water partition coefficient (Wildman–Crippen LogP) is 1.72. The van der Waals surface area contributed by atoms with Gasteiger partial charge in [-0.2, -0.15) is 0 Å². The molecule has 0 spiro atoms. The lowest BCUT2D eigenvalue weighted by atomic mass is 10.2. The molecule has 2 N–H and O–H groups in total. The number of carbonyl (C=O) groups excluding carboxylic acids is 1.